The Morgan fingerprint density at radius 1 is 0.941 bits per heavy atom. The summed E-state index contributed by atoms with van der Waals surface area (Å²) in [6, 6.07) is 17.1. The average Bonchev–Trinajstić information content (AvgIpc) is 2.86. The van der Waals surface area contributed by atoms with E-state index in [1.807, 2.05) is 11.8 Å². The van der Waals surface area contributed by atoms with Crippen LogP contribution in [0.5, 0.6) is 0 Å². The largest absolute Gasteiger partial charge is 0.372 e. The van der Waals surface area contributed by atoms with E-state index in [-0.39, 0.29) is 0 Å². The second kappa shape index (κ2) is 4.94. The van der Waals surface area contributed by atoms with Gasteiger partial charge >= 0.3 is 0 Å². The highest BCUT2D eigenvalue weighted by Crippen LogP contribution is 2.32. The molecule has 1 aliphatic rings. The summed E-state index contributed by atoms with van der Waals surface area (Å²) in [6.07, 6.45) is 0. The highest BCUT2D eigenvalue weighted by molar-refractivity contribution is 7.98. The molecule has 1 nitrogen and oxygen atoms in total. The van der Waals surface area contributed by atoms with Gasteiger partial charge in [-0.1, -0.05) is 42.5 Å². The quantitative estimate of drug-likeness (QED) is 0.752. The smallest absolute Gasteiger partial charge is 0.0735 e. The molecule has 0 saturated carbocycles. The molecule has 0 aliphatic carbocycles. The summed E-state index contributed by atoms with van der Waals surface area (Å²) >= 11 is 1.90. The van der Waals surface area contributed by atoms with Gasteiger partial charge in [0.15, 0.2) is 0 Å². The fourth-order valence-electron chi connectivity index (χ4n) is 2.04. The molecule has 0 saturated heterocycles. The van der Waals surface area contributed by atoms with Crippen molar-refractivity contribution >= 4 is 11.8 Å². The third-order valence-corrected chi connectivity index (χ3v) is 4.14. The molecule has 2 heteroatoms. The minimum Gasteiger partial charge on any atom is -0.372 e. The molecule has 0 atom stereocenters. The normalized spacial score (nSPS) is 13.6. The van der Waals surface area contributed by atoms with Gasteiger partial charge in [0.2, 0.25) is 0 Å². The Balaban J connectivity index is 1.76. The molecule has 0 fully saturated rings. The third kappa shape index (κ3) is 2.38. The lowest BCUT2D eigenvalue weighted by atomic mass is 10.1. The van der Waals surface area contributed by atoms with Crippen molar-refractivity contribution in [3.05, 3.63) is 65.2 Å². The van der Waals surface area contributed by atoms with Crippen LogP contribution in [-0.2, 0) is 23.7 Å². The zero-order chi connectivity index (χ0) is 11.5. The Bertz CT molecular complexity index is 508. The molecule has 2 aromatic carbocycles. The van der Waals surface area contributed by atoms with Crippen LogP contribution < -0.4 is 0 Å². The van der Waals surface area contributed by atoms with Crippen LogP contribution in [0.3, 0.4) is 0 Å². The molecule has 1 heterocycles. The van der Waals surface area contributed by atoms with Crippen LogP contribution in [0, 0.1) is 0 Å². The molecule has 0 amide bonds. The van der Waals surface area contributed by atoms with E-state index in [2.05, 4.69) is 48.5 Å². The number of hydrogen-bond acceptors (Lipinski definition) is 2. The van der Waals surface area contributed by atoms with Gasteiger partial charge in [0.1, 0.15) is 0 Å². The van der Waals surface area contributed by atoms with Crippen LogP contribution in [0.15, 0.2) is 53.4 Å². The second-order valence-corrected chi connectivity index (χ2v) is 5.18. The van der Waals surface area contributed by atoms with Crippen LogP contribution in [0.1, 0.15) is 16.7 Å². The van der Waals surface area contributed by atoms with Crippen molar-refractivity contribution in [2.45, 2.75) is 23.9 Å². The lowest BCUT2D eigenvalue weighted by Gasteiger charge is -2.06. The summed E-state index contributed by atoms with van der Waals surface area (Å²) in [5.74, 6) is 1.03. The summed E-state index contributed by atoms with van der Waals surface area (Å²) in [4.78, 5) is 1.36. The molecule has 0 aromatic heterocycles. The van der Waals surface area contributed by atoms with Crippen molar-refractivity contribution in [2.75, 3.05) is 0 Å². The van der Waals surface area contributed by atoms with E-state index in [9.17, 15) is 0 Å². The number of thioether (sulfide) groups is 1. The maximum absolute atomic E-state index is 5.49. The van der Waals surface area contributed by atoms with Crippen molar-refractivity contribution in [3.8, 4) is 0 Å². The van der Waals surface area contributed by atoms with Crippen molar-refractivity contribution in [3.63, 3.8) is 0 Å². The van der Waals surface area contributed by atoms with E-state index < -0.39 is 0 Å². The number of rotatable bonds is 3. The molecule has 0 radical (unpaired) electrons. The summed E-state index contributed by atoms with van der Waals surface area (Å²) in [7, 11) is 0. The number of benzene rings is 2. The predicted octanol–water partition coefficient (Wildman–Crippen LogP) is 4.01. The molecule has 86 valence electrons. The van der Waals surface area contributed by atoms with Crippen LogP contribution in [0.25, 0.3) is 0 Å². The van der Waals surface area contributed by atoms with Gasteiger partial charge in [-0.05, 0) is 22.8 Å². The Hall–Kier alpha value is -1.25. The van der Waals surface area contributed by atoms with Gasteiger partial charge in [0.25, 0.3) is 0 Å². The summed E-state index contributed by atoms with van der Waals surface area (Å²) in [5, 5.41) is 0. The minimum absolute atomic E-state index is 0.771. The van der Waals surface area contributed by atoms with Crippen molar-refractivity contribution in [1.29, 1.82) is 0 Å². The molecule has 2 aromatic rings. The Morgan fingerprint density at radius 2 is 1.82 bits per heavy atom. The Kier molecular flexibility index (Phi) is 3.16. The van der Waals surface area contributed by atoms with Crippen LogP contribution >= 0.6 is 11.8 Å². The van der Waals surface area contributed by atoms with Crippen molar-refractivity contribution in [1.82, 2.24) is 0 Å². The van der Waals surface area contributed by atoms with Gasteiger partial charge in [-0.2, -0.15) is 0 Å². The fourth-order valence-corrected chi connectivity index (χ4v) is 3.10. The lowest BCUT2D eigenvalue weighted by Crippen LogP contribution is -1.87. The molecule has 1 aliphatic heterocycles. The number of ether oxygens (including phenoxy) is 1. The second-order valence-electron chi connectivity index (χ2n) is 4.16. The van der Waals surface area contributed by atoms with Crippen molar-refractivity contribution < 1.29 is 4.74 Å². The van der Waals surface area contributed by atoms with Gasteiger partial charge in [-0.25, -0.2) is 0 Å². The monoisotopic (exact) mass is 242 g/mol. The van der Waals surface area contributed by atoms with E-state index >= 15 is 0 Å². The molecule has 17 heavy (non-hydrogen) atoms. The molecule has 0 bridgehead atoms. The zero-order valence-corrected chi connectivity index (χ0v) is 10.4. The highest BCUT2D eigenvalue weighted by atomic mass is 32.2. The van der Waals surface area contributed by atoms with E-state index in [0.717, 1.165) is 19.0 Å². The zero-order valence-electron chi connectivity index (χ0n) is 9.56. The standard InChI is InChI=1S/C15H14OS/c1-2-5-12(6-3-1)11-17-15-8-4-7-13-9-16-10-14(13)15/h1-8H,9-11H2. The predicted molar refractivity (Wildman–Crippen MR) is 70.9 cm³/mol. The maximum Gasteiger partial charge on any atom is 0.0735 e. The van der Waals surface area contributed by atoms with Crippen molar-refractivity contribution in [2.24, 2.45) is 0 Å². The Morgan fingerprint density at radius 3 is 2.71 bits per heavy atom. The minimum atomic E-state index is 0.771. The first kappa shape index (κ1) is 10.9. The lowest BCUT2D eigenvalue weighted by molar-refractivity contribution is 0.133. The SMILES string of the molecule is c1ccc(CSc2cccc3c2COC3)cc1. The molecule has 0 spiro atoms. The first-order valence-electron chi connectivity index (χ1n) is 5.79. The molecule has 3 rings (SSSR count). The number of fused-ring (bicyclic) bond motifs is 1. The maximum atomic E-state index is 5.49. The molecular formula is C15H14OS. The van der Waals surface area contributed by atoms with Crippen LogP contribution in [0.2, 0.25) is 0 Å². The third-order valence-electron chi connectivity index (χ3n) is 2.97. The summed E-state index contributed by atoms with van der Waals surface area (Å²) in [5.41, 5.74) is 4.10. The van der Waals surface area contributed by atoms with E-state index in [1.54, 1.807) is 0 Å². The van der Waals surface area contributed by atoms with Gasteiger partial charge in [0.05, 0.1) is 13.2 Å². The first-order chi connectivity index (χ1) is 8.43. The van der Waals surface area contributed by atoms with E-state index in [0.29, 0.717) is 0 Å². The highest BCUT2D eigenvalue weighted by Gasteiger charge is 2.14. The summed E-state index contributed by atoms with van der Waals surface area (Å²) < 4.78 is 5.49. The van der Waals surface area contributed by atoms with E-state index in [4.69, 9.17) is 4.74 Å². The molecule has 0 unspecified atom stereocenters. The Labute approximate surface area is 106 Å². The summed E-state index contributed by atoms with van der Waals surface area (Å²) in [6.45, 7) is 1.54. The van der Waals surface area contributed by atoms with Gasteiger partial charge in [-0.3, -0.25) is 0 Å². The molecule has 0 N–H and O–H groups in total. The first-order valence-corrected chi connectivity index (χ1v) is 6.77. The van der Waals surface area contributed by atoms with Gasteiger partial charge in [-0.15, -0.1) is 11.8 Å². The van der Waals surface area contributed by atoms with Crippen LogP contribution in [0.4, 0.5) is 0 Å². The fraction of sp³-hybridized carbons (Fsp3) is 0.200. The van der Waals surface area contributed by atoms with Gasteiger partial charge in [0, 0.05) is 10.6 Å². The van der Waals surface area contributed by atoms with Crippen LogP contribution in [-0.4, -0.2) is 0 Å². The van der Waals surface area contributed by atoms with E-state index in [1.165, 1.54) is 21.6 Å². The topological polar surface area (TPSA) is 9.23 Å². The average molecular weight is 242 g/mol. The van der Waals surface area contributed by atoms with Gasteiger partial charge < -0.3 is 4.74 Å². The molecular weight excluding hydrogens is 228 g/mol. The number of hydrogen-bond donors (Lipinski definition) is 0.